The Morgan fingerprint density at radius 3 is 2.88 bits per heavy atom. The second kappa shape index (κ2) is 2.05. The van der Waals surface area contributed by atoms with Crippen LogP contribution in [-0.2, 0) is 0 Å². The second-order valence-corrected chi connectivity index (χ2v) is 2.10. The molecule has 2 nitrogen and oxygen atoms in total. The molecule has 2 radical (unpaired) electrons. The van der Waals surface area contributed by atoms with Crippen LogP contribution in [0.3, 0.4) is 0 Å². The predicted molar refractivity (Wildman–Crippen MR) is 30.7 cm³/mol. The SMILES string of the molecule is [CH]C(=O)c1nccs1. The third kappa shape index (κ3) is 0.924. The Bertz CT molecular complexity index is 180. The molecule has 0 aliphatic carbocycles. The molecule has 0 aliphatic heterocycles. The Balaban J connectivity index is 2.93. The number of nitrogens with zero attached hydrogens (tertiary/aromatic N) is 1. The number of Topliss-reactive ketones (excluding diaryl/α,β-unsaturated/α-hetero) is 1. The average Bonchev–Trinajstić information content (AvgIpc) is 2.12. The molecule has 0 N–H and O–H groups in total. The zero-order chi connectivity index (χ0) is 5.98. The quantitative estimate of drug-likeness (QED) is 0.525. The first-order valence-corrected chi connectivity index (χ1v) is 2.88. The van der Waals surface area contributed by atoms with Crippen molar-refractivity contribution in [3.63, 3.8) is 0 Å². The van der Waals surface area contributed by atoms with Gasteiger partial charge in [-0.25, -0.2) is 4.98 Å². The van der Waals surface area contributed by atoms with Gasteiger partial charge in [0.05, 0.1) is 0 Å². The van der Waals surface area contributed by atoms with Crippen LogP contribution in [0.25, 0.3) is 0 Å². The van der Waals surface area contributed by atoms with Crippen LogP contribution in [0.1, 0.15) is 9.80 Å². The molecule has 0 unspecified atom stereocenters. The summed E-state index contributed by atoms with van der Waals surface area (Å²) in [5.41, 5.74) is 0. The van der Waals surface area contributed by atoms with Crippen molar-refractivity contribution in [2.45, 2.75) is 0 Å². The number of rotatable bonds is 1. The summed E-state index contributed by atoms with van der Waals surface area (Å²) in [7, 11) is 0. The van der Waals surface area contributed by atoms with Crippen LogP contribution in [0.15, 0.2) is 11.6 Å². The van der Waals surface area contributed by atoms with E-state index in [1.165, 1.54) is 11.3 Å². The van der Waals surface area contributed by atoms with E-state index in [0.717, 1.165) is 0 Å². The van der Waals surface area contributed by atoms with Gasteiger partial charge in [0.1, 0.15) is 0 Å². The Hall–Kier alpha value is -0.700. The molecule has 40 valence electrons. The van der Waals surface area contributed by atoms with Gasteiger partial charge < -0.3 is 0 Å². The minimum absolute atomic E-state index is 0.366. The maximum absolute atomic E-state index is 10.2. The lowest BCUT2D eigenvalue weighted by Gasteiger charge is -1.77. The number of hydrogen-bond donors (Lipinski definition) is 0. The van der Waals surface area contributed by atoms with Gasteiger partial charge in [0, 0.05) is 18.5 Å². The molecule has 0 saturated carbocycles. The van der Waals surface area contributed by atoms with E-state index in [-0.39, 0.29) is 0 Å². The summed E-state index contributed by atoms with van der Waals surface area (Å²) in [5, 5.41) is 2.07. The van der Waals surface area contributed by atoms with E-state index in [1.807, 2.05) is 0 Å². The number of carbonyl (C=O) groups excluding carboxylic acids is 1. The molecule has 0 aromatic carbocycles. The molecule has 1 aromatic heterocycles. The molecule has 0 fully saturated rings. The highest BCUT2D eigenvalue weighted by Crippen LogP contribution is 2.02. The molecular formula is C5H3NOS. The Labute approximate surface area is 51.2 Å². The van der Waals surface area contributed by atoms with Crippen LogP contribution >= 0.6 is 11.3 Å². The number of thiazole rings is 1. The summed E-state index contributed by atoms with van der Waals surface area (Å²) in [5.74, 6) is -0.458. The van der Waals surface area contributed by atoms with Crippen LogP contribution < -0.4 is 0 Å². The molecule has 1 rings (SSSR count). The maximum atomic E-state index is 10.2. The van der Waals surface area contributed by atoms with Gasteiger partial charge in [-0.15, -0.1) is 11.3 Å². The van der Waals surface area contributed by atoms with E-state index in [9.17, 15) is 4.79 Å². The van der Waals surface area contributed by atoms with Crippen LogP contribution in [0, 0.1) is 6.92 Å². The molecule has 0 spiro atoms. The summed E-state index contributed by atoms with van der Waals surface area (Å²) in [6.45, 7) is 4.87. The Kier molecular flexibility index (Phi) is 1.39. The van der Waals surface area contributed by atoms with Crippen LogP contribution in [-0.4, -0.2) is 10.8 Å². The normalized spacial score (nSPS) is 9.12. The topological polar surface area (TPSA) is 30.0 Å². The number of aromatic nitrogens is 1. The van der Waals surface area contributed by atoms with Gasteiger partial charge in [0.2, 0.25) is 0 Å². The molecule has 3 heteroatoms. The molecular weight excluding hydrogens is 122 g/mol. The fourth-order valence-corrected chi connectivity index (χ4v) is 0.834. The molecule has 0 amide bonds. The molecule has 0 aliphatic rings. The van der Waals surface area contributed by atoms with Crippen molar-refractivity contribution in [2.75, 3.05) is 0 Å². The fourth-order valence-electron chi connectivity index (χ4n) is 0.345. The zero-order valence-electron chi connectivity index (χ0n) is 4.00. The first-order valence-electron chi connectivity index (χ1n) is 2.00. The van der Waals surface area contributed by atoms with Crippen molar-refractivity contribution >= 4 is 17.1 Å². The highest BCUT2D eigenvalue weighted by atomic mass is 32.1. The number of carbonyl (C=O) groups is 1. The minimum Gasteiger partial charge on any atom is -0.291 e. The molecule has 1 aromatic rings. The number of ketones is 1. The Morgan fingerprint density at radius 1 is 1.88 bits per heavy atom. The molecule has 0 saturated heterocycles. The fraction of sp³-hybridized carbons (Fsp3) is 0. The third-order valence-corrected chi connectivity index (χ3v) is 1.43. The van der Waals surface area contributed by atoms with E-state index < -0.39 is 5.78 Å². The van der Waals surface area contributed by atoms with Crippen molar-refractivity contribution in [1.29, 1.82) is 0 Å². The lowest BCUT2D eigenvalue weighted by atomic mass is 10.5. The Morgan fingerprint density at radius 2 is 2.62 bits per heavy atom. The van der Waals surface area contributed by atoms with Crippen molar-refractivity contribution in [1.82, 2.24) is 4.98 Å². The van der Waals surface area contributed by atoms with Crippen LogP contribution in [0.5, 0.6) is 0 Å². The first-order chi connectivity index (χ1) is 3.80. The van der Waals surface area contributed by atoms with Crippen molar-refractivity contribution in [3.8, 4) is 0 Å². The highest BCUT2D eigenvalue weighted by molar-refractivity contribution is 7.11. The monoisotopic (exact) mass is 125 g/mol. The van der Waals surface area contributed by atoms with Gasteiger partial charge in [-0.3, -0.25) is 4.79 Å². The predicted octanol–water partition coefficient (Wildman–Crippen LogP) is 1.04. The maximum Gasteiger partial charge on any atom is 0.195 e. The minimum atomic E-state index is -0.458. The standard InChI is InChI=1S/C5H3NOS/c1-4(7)5-6-2-3-8-5/h1-3H. The third-order valence-electron chi connectivity index (χ3n) is 0.643. The van der Waals surface area contributed by atoms with Crippen LogP contribution in [0.2, 0.25) is 0 Å². The second-order valence-electron chi connectivity index (χ2n) is 1.20. The van der Waals surface area contributed by atoms with Gasteiger partial charge in [-0.1, -0.05) is 0 Å². The van der Waals surface area contributed by atoms with Gasteiger partial charge in [0.25, 0.3) is 0 Å². The highest BCUT2D eigenvalue weighted by Gasteiger charge is 1.98. The summed E-state index contributed by atoms with van der Waals surface area (Å²) >= 11 is 1.25. The van der Waals surface area contributed by atoms with E-state index in [0.29, 0.717) is 5.01 Å². The van der Waals surface area contributed by atoms with Crippen molar-refractivity contribution in [2.24, 2.45) is 0 Å². The first kappa shape index (κ1) is 5.44. The summed E-state index contributed by atoms with van der Waals surface area (Å²) in [6.07, 6.45) is 1.55. The van der Waals surface area contributed by atoms with Gasteiger partial charge in [-0.05, 0) is 0 Å². The lowest BCUT2D eigenvalue weighted by Crippen LogP contribution is -1.87. The van der Waals surface area contributed by atoms with E-state index in [4.69, 9.17) is 6.92 Å². The molecule has 0 bridgehead atoms. The average molecular weight is 125 g/mol. The zero-order valence-corrected chi connectivity index (χ0v) is 4.81. The summed E-state index contributed by atoms with van der Waals surface area (Å²) in [4.78, 5) is 13.9. The van der Waals surface area contributed by atoms with Crippen LogP contribution in [0.4, 0.5) is 0 Å². The summed E-state index contributed by atoms with van der Waals surface area (Å²) < 4.78 is 0. The summed E-state index contributed by atoms with van der Waals surface area (Å²) in [6, 6.07) is 0. The largest absolute Gasteiger partial charge is 0.291 e. The molecule has 8 heavy (non-hydrogen) atoms. The van der Waals surface area contributed by atoms with Gasteiger partial charge in [0.15, 0.2) is 10.8 Å². The van der Waals surface area contributed by atoms with E-state index in [2.05, 4.69) is 4.98 Å². The van der Waals surface area contributed by atoms with E-state index >= 15 is 0 Å². The molecule has 1 heterocycles. The van der Waals surface area contributed by atoms with Gasteiger partial charge in [-0.2, -0.15) is 0 Å². The smallest absolute Gasteiger partial charge is 0.195 e. The lowest BCUT2D eigenvalue weighted by molar-refractivity contribution is 0.104. The van der Waals surface area contributed by atoms with E-state index in [1.54, 1.807) is 11.6 Å². The molecule has 0 atom stereocenters. The van der Waals surface area contributed by atoms with Crippen molar-refractivity contribution < 1.29 is 4.79 Å². The van der Waals surface area contributed by atoms with Gasteiger partial charge >= 0.3 is 0 Å². The number of hydrogen-bond acceptors (Lipinski definition) is 3. The van der Waals surface area contributed by atoms with Crippen molar-refractivity contribution in [3.05, 3.63) is 23.5 Å².